The average Bonchev–Trinajstić information content (AvgIpc) is 3.28. The number of imidazole rings is 1. The van der Waals surface area contributed by atoms with E-state index in [1.165, 1.54) is 0 Å². The lowest BCUT2D eigenvalue weighted by Crippen LogP contribution is -2.55. The summed E-state index contributed by atoms with van der Waals surface area (Å²) in [5, 5.41) is 23.9. The standard InChI is InChI=1S/C23H22N4O3.C2HF3O2/c28-15-23(8-11-30-12-9-23)26-22(29)21-25-20(19-7-3-4-10-27(19)21)18-14-24-13-16-5-1-2-6-17(16)18;3-2(4,5)1(6)7/h1-7,10,13-14,28H,8-9,11-12,15H2,(H,26,29);(H,6,7). The molecule has 0 spiro atoms. The summed E-state index contributed by atoms with van der Waals surface area (Å²) in [6.45, 7) is 0.921. The van der Waals surface area contributed by atoms with Crippen LogP contribution in [-0.4, -0.2) is 58.5 Å². The van der Waals surface area contributed by atoms with Crippen LogP contribution in [0.4, 0.5) is 13.2 Å². The first-order chi connectivity index (χ1) is 17.6. The topological polar surface area (TPSA) is 131 Å². The maximum atomic E-state index is 13.3. The molecule has 3 aromatic heterocycles. The molecule has 1 saturated heterocycles. The number of H-pyrrole nitrogens is 1. The highest BCUT2D eigenvalue weighted by Gasteiger charge is 2.37. The molecule has 1 aromatic carbocycles. The molecule has 37 heavy (non-hydrogen) atoms. The largest absolute Gasteiger partial charge is 0.542 e. The zero-order valence-electron chi connectivity index (χ0n) is 19.4. The van der Waals surface area contributed by atoms with E-state index in [1.807, 2.05) is 59.4 Å². The number of carbonyl (C=O) groups is 2. The van der Waals surface area contributed by atoms with Crippen LogP contribution in [0.5, 0.6) is 0 Å². The quantitative estimate of drug-likeness (QED) is 0.353. The number of nitrogens with one attached hydrogen (secondary N) is 2. The van der Waals surface area contributed by atoms with Crippen LogP contribution in [0, 0.1) is 0 Å². The Morgan fingerprint density at radius 3 is 2.49 bits per heavy atom. The Morgan fingerprint density at radius 2 is 1.81 bits per heavy atom. The Morgan fingerprint density at radius 1 is 1.14 bits per heavy atom. The highest BCUT2D eigenvalue weighted by molar-refractivity contribution is 5.99. The van der Waals surface area contributed by atoms with E-state index in [2.05, 4.69) is 21.4 Å². The molecule has 1 aliphatic heterocycles. The first-order valence-corrected chi connectivity index (χ1v) is 11.3. The molecule has 1 fully saturated rings. The number of fused-ring (bicyclic) bond motifs is 2. The first-order valence-electron chi connectivity index (χ1n) is 11.3. The lowest BCUT2D eigenvalue weighted by atomic mass is 9.91. The van der Waals surface area contributed by atoms with Gasteiger partial charge in [0, 0.05) is 31.0 Å². The van der Waals surface area contributed by atoms with E-state index >= 15 is 0 Å². The van der Waals surface area contributed by atoms with E-state index < -0.39 is 17.7 Å². The molecule has 0 radical (unpaired) electrons. The SMILES string of the molecule is O=C(NC1(CO)CCOCC1)c1[nH]c(-c2cncc3ccccc23)c2cccc[n+]12.O=C([O-])C(F)(F)F. The van der Waals surface area contributed by atoms with Gasteiger partial charge in [0.25, 0.3) is 0 Å². The average molecular weight is 516 g/mol. The fraction of sp³-hybridized carbons (Fsp3) is 0.280. The highest BCUT2D eigenvalue weighted by Crippen LogP contribution is 2.29. The molecule has 5 rings (SSSR count). The number of aliphatic hydroxyl groups is 1. The van der Waals surface area contributed by atoms with Crippen molar-refractivity contribution >= 4 is 28.2 Å². The number of alkyl halides is 3. The number of aliphatic hydroxyl groups excluding tert-OH is 1. The number of halogens is 3. The third kappa shape index (κ3) is 5.54. The van der Waals surface area contributed by atoms with Crippen molar-refractivity contribution in [3.05, 3.63) is 66.9 Å². The monoisotopic (exact) mass is 516 g/mol. The second-order valence-corrected chi connectivity index (χ2v) is 8.50. The van der Waals surface area contributed by atoms with Crippen LogP contribution in [-0.2, 0) is 9.53 Å². The molecule has 0 atom stereocenters. The van der Waals surface area contributed by atoms with Crippen LogP contribution in [0.15, 0.2) is 61.1 Å². The maximum absolute atomic E-state index is 13.3. The Balaban J connectivity index is 0.000000405. The maximum Gasteiger partial charge on any atom is 0.430 e. The highest BCUT2D eigenvalue weighted by atomic mass is 19.4. The first kappa shape index (κ1) is 26.0. The summed E-state index contributed by atoms with van der Waals surface area (Å²) in [5.41, 5.74) is 1.98. The molecule has 0 aliphatic carbocycles. The predicted molar refractivity (Wildman–Crippen MR) is 123 cm³/mol. The van der Waals surface area contributed by atoms with Gasteiger partial charge in [-0.2, -0.15) is 17.6 Å². The van der Waals surface area contributed by atoms with Gasteiger partial charge in [0.2, 0.25) is 0 Å². The van der Waals surface area contributed by atoms with Crippen molar-refractivity contribution in [1.29, 1.82) is 0 Å². The number of aliphatic carboxylic acids is 1. The van der Waals surface area contributed by atoms with E-state index in [9.17, 15) is 23.1 Å². The minimum Gasteiger partial charge on any atom is -0.542 e. The molecule has 3 N–H and O–H groups in total. The molecule has 4 heterocycles. The van der Waals surface area contributed by atoms with E-state index in [0.717, 1.165) is 27.5 Å². The number of ether oxygens (including phenoxy) is 1. The summed E-state index contributed by atoms with van der Waals surface area (Å²) in [4.78, 5) is 29.8. The van der Waals surface area contributed by atoms with Gasteiger partial charge in [-0.25, -0.2) is 4.98 Å². The molecule has 0 bridgehead atoms. The van der Waals surface area contributed by atoms with Crippen molar-refractivity contribution in [2.24, 2.45) is 0 Å². The van der Waals surface area contributed by atoms with Crippen LogP contribution < -0.4 is 14.8 Å². The van der Waals surface area contributed by atoms with E-state index in [1.54, 1.807) is 0 Å². The number of hydrogen-bond donors (Lipinski definition) is 3. The molecule has 0 saturated carbocycles. The van der Waals surface area contributed by atoms with E-state index in [-0.39, 0.29) is 12.5 Å². The van der Waals surface area contributed by atoms with Gasteiger partial charge in [0.05, 0.1) is 23.9 Å². The zero-order valence-corrected chi connectivity index (χ0v) is 19.4. The van der Waals surface area contributed by atoms with Crippen molar-refractivity contribution in [2.75, 3.05) is 19.8 Å². The predicted octanol–water partition coefficient (Wildman–Crippen LogP) is 1.54. The number of carboxylic acid groups (broad SMARTS) is 1. The number of pyridine rings is 2. The summed E-state index contributed by atoms with van der Waals surface area (Å²) in [5.74, 6) is -2.85. The van der Waals surface area contributed by atoms with Gasteiger partial charge >= 0.3 is 17.9 Å². The van der Waals surface area contributed by atoms with E-state index in [4.69, 9.17) is 14.6 Å². The van der Waals surface area contributed by atoms with Gasteiger partial charge in [0.1, 0.15) is 5.97 Å². The Labute approximate surface area is 208 Å². The minimum atomic E-state index is -5.19. The Kier molecular flexibility index (Phi) is 7.41. The summed E-state index contributed by atoms with van der Waals surface area (Å²) < 4.78 is 38.8. The Bertz CT molecular complexity index is 1430. The molecule has 0 unspecified atom stereocenters. The summed E-state index contributed by atoms with van der Waals surface area (Å²) >= 11 is 0. The van der Waals surface area contributed by atoms with Gasteiger partial charge in [-0.05, 0) is 30.4 Å². The number of carbonyl (C=O) groups excluding carboxylic acids is 2. The molecule has 1 aliphatic rings. The number of carboxylic acids is 1. The Hall–Kier alpha value is -4.03. The number of rotatable bonds is 4. The van der Waals surface area contributed by atoms with Crippen LogP contribution in [0.1, 0.15) is 23.5 Å². The van der Waals surface area contributed by atoms with Gasteiger partial charge in [-0.3, -0.25) is 9.78 Å². The smallest absolute Gasteiger partial charge is 0.430 e. The molecular formula is C25H23F3N4O5. The number of aromatic amines is 1. The fourth-order valence-corrected chi connectivity index (χ4v) is 4.16. The molecule has 194 valence electrons. The fourth-order valence-electron chi connectivity index (χ4n) is 4.16. The third-order valence-corrected chi connectivity index (χ3v) is 6.12. The van der Waals surface area contributed by atoms with Crippen molar-refractivity contribution in [3.8, 4) is 11.3 Å². The van der Waals surface area contributed by atoms with Crippen molar-refractivity contribution in [2.45, 2.75) is 24.6 Å². The minimum absolute atomic E-state index is 0.120. The molecule has 1 amide bonds. The van der Waals surface area contributed by atoms with Crippen molar-refractivity contribution in [3.63, 3.8) is 0 Å². The van der Waals surface area contributed by atoms with Gasteiger partial charge in [-0.15, -0.1) is 0 Å². The number of nitrogens with zero attached hydrogens (tertiary/aromatic N) is 2. The number of amides is 1. The van der Waals surface area contributed by atoms with Crippen molar-refractivity contribution in [1.82, 2.24) is 15.3 Å². The third-order valence-electron chi connectivity index (χ3n) is 6.12. The van der Waals surface area contributed by atoms with Crippen LogP contribution in [0.2, 0.25) is 0 Å². The van der Waals surface area contributed by atoms with Gasteiger partial charge in [-0.1, -0.05) is 30.3 Å². The summed E-state index contributed by atoms with van der Waals surface area (Å²) in [6.07, 6.45) is 1.48. The number of aromatic nitrogens is 3. The van der Waals surface area contributed by atoms with Crippen LogP contribution >= 0.6 is 0 Å². The number of hydrogen-bond acceptors (Lipinski definition) is 6. The summed E-state index contributed by atoms with van der Waals surface area (Å²) in [7, 11) is 0. The lowest BCUT2D eigenvalue weighted by molar-refractivity contribution is -0.514. The van der Waals surface area contributed by atoms with Crippen molar-refractivity contribution < 1.29 is 42.1 Å². The van der Waals surface area contributed by atoms with Gasteiger partial charge < -0.3 is 25.1 Å². The second kappa shape index (κ2) is 10.5. The van der Waals surface area contributed by atoms with Crippen LogP contribution in [0.25, 0.3) is 27.5 Å². The summed E-state index contributed by atoms with van der Waals surface area (Å²) in [6, 6.07) is 13.9. The normalized spacial score (nSPS) is 15.1. The molecule has 4 aromatic rings. The zero-order chi connectivity index (χ0) is 26.6. The van der Waals surface area contributed by atoms with Gasteiger partial charge in [0.15, 0.2) is 11.2 Å². The molecule has 9 nitrogen and oxygen atoms in total. The van der Waals surface area contributed by atoms with Crippen LogP contribution in [0.3, 0.4) is 0 Å². The molecular weight excluding hydrogens is 493 g/mol. The number of benzene rings is 1. The lowest BCUT2D eigenvalue weighted by Gasteiger charge is -2.35. The second-order valence-electron chi connectivity index (χ2n) is 8.50. The van der Waals surface area contributed by atoms with E-state index in [0.29, 0.717) is 31.9 Å². The molecule has 12 heteroatoms.